The summed E-state index contributed by atoms with van der Waals surface area (Å²) in [5, 5.41) is 10.4. The van der Waals surface area contributed by atoms with Crippen LogP contribution in [0.4, 0.5) is 19.6 Å². The molecule has 1 fully saturated rings. The first kappa shape index (κ1) is 19.8. The van der Waals surface area contributed by atoms with Gasteiger partial charge in [0.1, 0.15) is 0 Å². The van der Waals surface area contributed by atoms with Crippen molar-refractivity contribution in [2.24, 2.45) is 5.92 Å². The molecule has 1 aliphatic rings. The van der Waals surface area contributed by atoms with Crippen LogP contribution in [-0.2, 0) is 0 Å². The van der Waals surface area contributed by atoms with Crippen LogP contribution in [-0.4, -0.2) is 34.2 Å². The van der Waals surface area contributed by atoms with E-state index in [2.05, 4.69) is 15.5 Å². The smallest absolute Gasteiger partial charge is 0.325 e. The topological polar surface area (TPSA) is 71.3 Å². The average Bonchev–Trinajstić information content (AvgIpc) is 3.22. The fourth-order valence-electron chi connectivity index (χ4n) is 3.42. The van der Waals surface area contributed by atoms with Crippen molar-refractivity contribution in [2.75, 3.05) is 18.4 Å². The lowest BCUT2D eigenvalue weighted by Gasteiger charge is -2.32. The van der Waals surface area contributed by atoms with Crippen molar-refractivity contribution in [2.45, 2.75) is 13.3 Å². The Labute approximate surface area is 172 Å². The maximum absolute atomic E-state index is 13.9. The maximum Gasteiger partial charge on any atom is 0.325 e. The molecule has 154 valence electrons. The van der Waals surface area contributed by atoms with Gasteiger partial charge in [0.25, 0.3) is 0 Å². The molecular formula is C22H20F2N4O2. The van der Waals surface area contributed by atoms with Crippen LogP contribution < -0.4 is 5.32 Å². The number of carbonyl (C=O) groups excluding carboxylic acids is 1. The highest BCUT2D eigenvalue weighted by atomic mass is 19.2. The van der Waals surface area contributed by atoms with Crippen molar-refractivity contribution in [1.29, 1.82) is 0 Å². The van der Waals surface area contributed by atoms with Crippen LogP contribution in [0.25, 0.3) is 17.5 Å². The van der Waals surface area contributed by atoms with Gasteiger partial charge in [-0.3, -0.25) is 5.32 Å². The Balaban J connectivity index is 1.40. The monoisotopic (exact) mass is 410 g/mol. The SMILES string of the molecule is CC1CN(C(=O)Nc2nnc(-c3ccccc3)o2)CCC1=Cc1cccc(F)c1F. The van der Waals surface area contributed by atoms with Crippen LogP contribution in [0.5, 0.6) is 0 Å². The third-order valence-corrected chi connectivity index (χ3v) is 5.07. The number of benzene rings is 2. The van der Waals surface area contributed by atoms with Crippen molar-refractivity contribution in [3.05, 3.63) is 71.3 Å². The summed E-state index contributed by atoms with van der Waals surface area (Å²) >= 11 is 0. The Morgan fingerprint density at radius 1 is 1.17 bits per heavy atom. The fourth-order valence-corrected chi connectivity index (χ4v) is 3.42. The molecule has 1 aromatic heterocycles. The lowest BCUT2D eigenvalue weighted by atomic mass is 9.91. The summed E-state index contributed by atoms with van der Waals surface area (Å²) in [5.41, 5.74) is 1.94. The molecule has 0 saturated carbocycles. The minimum atomic E-state index is -0.872. The van der Waals surface area contributed by atoms with Crippen LogP contribution in [0, 0.1) is 17.6 Å². The zero-order valence-corrected chi connectivity index (χ0v) is 16.3. The van der Waals surface area contributed by atoms with Gasteiger partial charge in [-0.1, -0.05) is 54.0 Å². The zero-order chi connectivity index (χ0) is 21.1. The number of hydrogen-bond acceptors (Lipinski definition) is 4. The van der Waals surface area contributed by atoms with Gasteiger partial charge >= 0.3 is 12.0 Å². The second-order valence-electron chi connectivity index (χ2n) is 7.17. The maximum atomic E-state index is 13.9. The van der Waals surface area contributed by atoms with Crippen molar-refractivity contribution in [1.82, 2.24) is 15.1 Å². The Kier molecular flexibility index (Phi) is 5.56. The van der Waals surface area contributed by atoms with Crippen LogP contribution in [0.1, 0.15) is 18.9 Å². The predicted octanol–water partition coefficient (Wildman–Crippen LogP) is 4.97. The van der Waals surface area contributed by atoms with E-state index in [1.165, 1.54) is 12.1 Å². The van der Waals surface area contributed by atoms with Gasteiger partial charge in [0, 0.05) is 24.2 Å². The predicted molar refractivity (Wildman–Crippen MR) is 108 cm³/mol. The highest BCUT2D eigenvalue weighted by Gasteiger charge is 2.26. The summed E-state index contributed by atoms with van der Waals surface area (Å²) in [6.07, 6.45) is 2.23. The first-order chi connectivity index (χ1) is 14.5. The second kappa shape index (κ2) is 8.44. The number of anilines is 1. The molecule has 4 rings (SSSR count). The third-order valence-electron chi connectivity index (χ3n) is 5.07. The molecule has 0 spiro atoms. The Morgan fingerprint density at radius 3 is 2.73 bits per heavy atom. The molecule has 0 radical (unpaired) electrons. The van der Waals surface area contributed by atoms with Crippen molar-refractivity contribution >= 4 is 18.1 Å². The van der Waals surface area contributed by atoms with Gasteiger partial charge in [0.15, 0.2) is 11.6 Å². The molecule has 2 heterocycles. The highest BCUT2D eigenvalue weighted by Crippen LogP contribution is 2.27. The van der Waals surface area contributed by atoms with Gasteiger partial charge in [0.2, 0.25) is 5.89 Å². The van der Waals surface area contributed by atoms with Crippen LogP contribution in [0.3, 0.4) is 0 Å². The number of likely N-dealkylation sites (tertiary alicyclic amines) is 1. The van der Waals surface area contributed by atoms with E-state index in [9.17, 15) is 13.6 Å². The number of rotatable bonds is 3. The van der Waals surface area contributed by atoms with Crippen molar-refractivity contribution < 1.29 is 18.0 Å². The number of nitrogens with one attached hydrogen (secondary N) is 1. The molecular weight excluding hydrogens is 390 g/mol. The normalized spacial score (nSPS) is 17.9. The highest BCUT2D eigenvalue weighted by molar-refractivity contribution is 5.87. The number of urea groups is 1. The molecule has 1 saturated heterocycles. The summed E-state index contributed by atoms with van der Waals surface area (Å²) in [7, 11) is 0. The quantitative estimate of drug-likeness (QED) is 0.662. The molecule has 1 aliphatic heterocycles. The van der Waals surface area contributed by atoms with Crippen molar-refractivity contribution in [3.63, 3.8) is 0 Å². The summed E-state index contributed by atoms with van der Waals surface area (Å²) in [6.45, 7) is 2.83. The number of amides is 2. The van der Waals surface area contributed by atoms with Crippen LogP contribution in [0.2, 0.25) is 0 Å². The van der Waals surface area contributed by atoms with Gasteiger partial charge in [-0.05, 0) is 30.5 Å². The minimum absolute atomic E-state index is 0.00488. The molecule has 30 heavy (non-hydrogen) atoms. The standard InChI is InChI=1S/C22H20F2N4O2/c1-14-13-28(11-10-16(14)12-17-8-5-9-18(23)19(17)24)22(29)25-21-27-26-20(30-21)15-6-3-2-4-7-15/h2-9,12,14H,10-11,13H2,1H3,(H,25,27,29). The summed E-state index contributed by atoms with van der Waals surface area (Å²) in [6, 6.07) is 13.0. The lowest BCUT2D eigenvalue weighted by molar-refractivity contribution is 0.197. The second-order valence-corrected chi connectivity index (χ2v) is 7.17. The molecule has 1 unspecified atom stereocenters. The summed E-state index contributed by atoms with van der Waals surface area (Å²) in [5.74, 6) is -1.42. The number of piperidine rings is 1. The largest absolute Gasteiger partial charge is 0.403 e. The van der Waals surface area contributed by atoms with Gasteiger partial charge in [-0.2, -0.15) is 0 Å². The Morgan fingerprint density at radius 2 is 1.97 bits per heavy atom. The van der Waals surface area contributed by atoms with E-state index in [-0.39, 0.29) is 23.5 Å². The van der Waals surface area contributed by atoms with Gasteiger partial charge in [-0.15, -0.1) is 5.10 Å². The average molecular weight is 410 g/mol. The Hall–Kier alpha value is -3.55. The van der Waals surface area contributed by atoms with E-state index in [4.69, 9.17) is 4.42 Å². The first-order valence-corrected chi connectivity index (χ1v) is 9.60. The number of hydrogen-bond donors (Lipinski definition) is 1. The minimum Gasteiger partial charge on any atom is -0.403 e. The molecule has 0 aliphatic carbocycles. The van der Waals surface area contributed by atoms with E-state index >= 15 is 0 Å². The zero-order valence-electron chi connectivity index (χ0n) is 16.3. The van der Waals surface area contributed by atoms with E-state index in [1.807, 2.05) is 37.3 Å². The molecule has 6 nitrogen and oxygen atoms in total. The van der Waals surface area contributed by atoms with E-state index in [0.29, 0.717) is 25.4 Å². The van der Waals surface area contributed by atoms with Gasteiger partial charge in [0.05, 0.1) is 0 Å². The Bertz CT molecular complexity index is 1080. The number of aromatic nitrogens is 2. The van der Waals surface area contributed by atoms with Gasteiger partial charge in [-0.25, -0.2) is 13.6 Å². The van der Waals surface area contributed by atoms with Crippen LogP contribution >= 0.6 is 0 Å². The number of halogens is 2. The third kappa shape index (κ3) is 4.22. The van der Waals surface area contributed by atoms with E-state index in [1.54, 1.807) is 11.0 Å². The van der Waals surface area contributed by atoms with E-state index < -0.39 is 11.6 Å². The molecule has 0 bridgehead atoms. The number of carbonyl (C=O) groups is 1. The number of nitrogens with zero attached hydrogens (tertiary/aromatic N) is 3. The van der Waals surface area contributed by atoms with Crippen molar-refractivity contribution in [3.8, 4) is 11.5 Å². The molecule has 2 aromatic carbocycles. The summed E-state index contributed by atoms with van der Waals surface area (Å²) in [4.78, 5) is 14.2. The lowest BCUT2D eigenvalue weighted by Crippen LogP contribution is -2.42. The molecule has 8 heteroatoms. The molecule has 2 amide bonds. The fraction of sp³-hybridized carbons (Fsp3) is 0.227. The first-order valence-electron chi connectivity index (χ1n) is 9.60. The van der Waals surface area contributed by atoms with Gasteiger partial charge < -0.3 is 9.32 Å². The molecule has 1 N–H and O–H groups in total. The molecule has 3 aromatic rings. The van der Waals surface area contributed by atoms with E-state index in [0.717, 1.165) is 17.2 Å². The molecule has 1 atom stereocenters. The summed E-state index contributed by atoms with van der Waals surface area (Å²) < 4.78 is 32.9. The van der Waals surface area contributed by atoms with Crippen LogP contribution in [0.15, 0.2) is 58.5 Å².